The van der Waals surface area contributed by atoms with Crippen molar-refractivity contribution in [3.8, 4) is 0 Å². The van der Waals surface area contributed by atoms with E-state index in [1.165, 1.54) is 27.1 Å². The molecule has 21 heavy (non-hydrogen) atoms. The van der Waals surface area contributed by atoms with Crippen LogP contribution in [0, 0.1) is 11.8 Å². The minimum Gasteiger partial charge on any atom is -0.496 e. The van der Waals surface area contributed by atoms with Gasteiger partial charge in [0.1, 0.15) is 11.5 Å². The summed E-state index contributed by atoms with van der Waals surface area (Å²) in [4.78, 5) is 12.0. The van der Waals surface area contributed by atoms with Gasteiger partial charge in [-0.3, -0.25) is 4.79 Å². The third kappa shape index (κ3) is 1.81. The number of methoxy groups -OCH3 is 1. The molecular weight excluding hydrogens is 260 g/mol. The second kappa shape index (κ2) is 4.59. The predicted molar refractivity (Wildman–Crippen MR) is 83.6 cm³/mol. The van der Waals surface area contributed by atoms with E-state index in [2.05, 4.69) is 31.2 Å². The van der Waals surface area contributed by atoms with Gasteiger partial charge in [0.25, 0.3) is 0 Å². The molecule has 0 N–H and O–H groups in total. The number of benzene rings is 1. The van der Waals surface area contributed by atoms with Crippen molar-refractivity contribution < 1.29 is 9.53 Å². The molecule has 0 saturated heterocycles. The maximum Gasteiger partial charge on any atom is 0.137 e. The Morgan fingerprint density at radius 3 is 2.90 bits per heavy atom. The molecular formula is C19H20O2. The molecule has 2 unspecified atom stereocenters. The average molecular weight is 280 g/mol. The van der Waals surface area contributed by atoms with Gasteiger partial charge in [0.15, 0.2) is 0 Å². The quantitative estimate of drug-likeness (QED) is 0.789. The molecule has 4 rings (SSSR count). The molecule has 1 saturated carbocycles. The van der Waals surface area contributed by atoms with Crippen molar-refractivity contribution >= 4 is 22.7 Å². The molecule has 1 aromatic carbocycles. The van der Waals surface area contributed by atoms with Crippen molar-refractivity contribution in [3.05, 3.63) is 40.3 Å². The summed E-state index contributed by atoms with van der Waals surface area (Å²) in [6.07, 6.45) is 5.68. The lowest BCUT2D eigenvalue weighted by atomic mass is 9.69. The number of Topliss-reactive ketones (excluding diaryl/α,β-unsaturated/α-hetero) is 1. The van der Waals surface area contributed by atoms with Crippen molar-refractivity contribution in [1.82, 2.24) is 0 Å². The van der Waals surface area contributed by atoms with Crippen molar-refractivity contribution in [2.75, 3.05) is 7.11 Å². The van der Waals surface area contributed by atoms with Crippen LogP contribution in [0.2, 0.25) is 0 Å². The highest BCUT2D eigenvalue weighted by Gasteiger charge is 2.34. The highest BCUT2D eigenvalue weighted by Crippen LogP contribution is 2.40. The molecule has 0 bridgehead atoms. The fourth-order valence-electron chi connectivity index (χ4n) is 4.36. The maximum atomic E-state index is 12.0. The van der Waals surface area contributed by atoms with Crippen LogP contribution in [0.3, 0.4) is 0 Å². The van der Waals surface area contributed by atoms with Crippen LogP contribution in [0.5, 0.6) is 0 Å². The van der Waals surface area contributed by atoms with E-state index in [1.807, 2.05) is 0 Å². The largest absolute Gasteiger partial charge is 0.496 e. The Labute approximate surface area is 124 Å². The van der Waals surface area contributed by atoms with Crippen LogP contribution in [-0.2, 0) is 9.53 Å². The second-order valence-electron chi connectivity index (χ2n) is 6.54. The normalized spacial score (nSPS) is 27.0. The van der Waals surface area contributed by atoms with Crippen molar-refractivity contribution in [2.45, 2.75) is 32.6 Å². The fraction of sp³-hybridized carbons (Fsp3) is 0.421. The van der Waals surface area contributed by atoms with Gasteiger partial charge in [0.05, 0.1) is 7.11 Å². The fourth-order valence-corrected chi connectivity index (χ4v) is 4.36. The molecule has 2 atom stereocenters. The molecule has 108 valence electrons. The number of ketones is 1. The number of fused-ring (bicyclic) bond motifs is 1. The van der Waals surface area contributed by atoms with Gasteiger partial charge in [-0.05, 0) is 41.2 Å². The Bertz CT molecular complexity index is 782. The first kappa shape index (κ1) is 12.9. The molecule has 0 amide bonds. The molecule has 2 heteroatoms. The van der Waals surface area contributed by atoms with E-state index < -0.39 is 0 Å². The lowest BCUT2D eigenvalue weighted by Gasteiger charge is -2.35. The van der Waals surface area contributed by atoms with E-state index in [9.17, 15) is 4.79 Å². The lowest BCUT2D eigenvalue weighted by Crippen LogP contribution is -2.42. The molecule has 0 aliphatic heterocycles. The van der Waals surface area contributed by atoms with Gasteiger partial charge in [-0.1, -0.05) is 36.3 Å². The van der Waals surface area contributed by atoms with Gasteiger partial charge >= 0.3 is 0 Å². The van der Waals surface area contributed by atoms with Gasteiger partial charge < -0.3 is 4.74 Å². The van der Waals surface area contributed by atoms with Gasteiger partial charge in [-0.25, -0.2) is 0 Å². The topological polar surface area (TPSA) is 26.3 Å². The van der Waals surface area contributed by atoms with Gasteiger partial charge in [0.2, 0.25) is 0 Å². The Morgan fingerprint density at radius 1 is 1.24 bits per heavy atom. The zero-order chi connectivity index (χ0) is 14.6. The zero-order valence-electron chi connectivity index (χ0n) is 12.6. The van der Waals surface area contributed by atoms with Crippen LogP contribution >= 0.6 is 0 Å². The van der Waals surface area contributed by atoms with E-state index in [4.69, 9.17) is 4.74 Å². The summed E-state index contributed by atoms with van der Waals surface area (Å²) in [7, 11) is 1.74. The van der Waals surface area contributed by atoms with Crippen LogP contribution in [0.4, 0.5) is 0 Å². The average Bonchev–Trinajstić information content (AvgIpc) is 2.49. The van der Waals surface area contributed by atoms with Gasteiger partial charge in [0, 0.05) is 18.4 Å². The molecule has 0 aromatic heterocycles. The van der Waals surface area contributed by atoms with Crippen molar-refractivity contribution in [3.63, 3.8) is 0 Å². The van der Waals surface area contributed by atoms with E-state index in [0.29, 0.717) is 24.0 Å². The Kier molecular flexibility index (Phi) is 2.81. The highest BCUT2D eigenvalue weighted by atomic mass is 16.5. The summed E-state index contributed by atoms with van der Waals surface area (Å²) >= 11 is 0. The molecule has 1 fully saturated rings. The first-order valence-corrected chi connectivity index (χ1v) is 7.79. The predicted octanol–water partition coefficient (Wildman–Crippen LogP) is 2.40. The van der Waals surface area contributed by atoms with Gasteiger partial charge in [-0.2, -0.15) is 0 Å². The summed E-state index contributed by atoms with van der Waals surface area (Å²) in [5.41, 5.74) is 4.10. The Hall–Kier alpha value is -1.83. The molecule has 3 aliphatic rings. The van der Waals surface area contributed by atoms with E-state index in [1.54, 1.807) is 7.11 Å². The number of carbonyl (C=O) groups is 1. The summed E-state index contributed by atoms with van der Waals surface area (Å²) in [5.74, 6) is 2.40. The third-order valence-corrected chi connectivity index (χ3v) is 5.32. The summed E-state index contributed by atoms with van der Waals surface area (Å²) < 4.78 is 5.54. The molecule has 0 radical (unpaired) electrons. The number of hydrogen-bond donors (Lipinski definition) is 0. The smallest absolute Gasteiger partial charge is 0.137 e. The standard InChI is InChI=1S/C19H20O2/c1-11-8-13(20)10-17-14-4-3-5-15-18(21-2)7-6-12(19(14)15)9-16(11)17/h3-5,7,11,16H,6,8-10H2,1-2H3. The van der Waals surface area contributed by atoms with Crippen LogP contribution < -0.4 is 10.4 Å². The Morgan fingerprint density at radius 2 is 2.10 bits per heavy atom. The lowest BCUT2D eigenvalue weighted by molar-refractivity contribution is -0.120. The van der Waals surface area contributed by atoms with Crippen LogP contribution in [0.15, 0.2) is 24.3 Å². The van der Waals surface area contributed by atoms with Crippen LogP contribution in [-0.4, -0.2) is 12.9 Å². The van der Waals surface area contributed by atoms with E-state index in [-0.39, 0.29) is 0 Å². The van der Waals surface area contributed by atoms with E-state index >= 15 is 0 Å². The number of allylic oxidation sites excluding steroid dienone is 1. The molecule has 3 aliphatic carbocycles. The van der Waals surface area contributed by atoms with Gasteiger partial charge in [-0.15, -0.1) is 0 Å². The van der Waals surface area contributed by atoms with Crippen LogP contribution in [0.1, 0.15) is 38.2 Å². The summed E-state index contributed by atoms with van der Waals surface area (Å²) in [5, 5.41) is 2.66. The number of hydrogen-bond acceptors (Lipinski definition) is 2. The molecule has 1 aromatic rings. The third-order valence-electron chi connectivity index (χ3n) is 5.32. The van der Waals surface area contributed by atoms with Crippen molar-refractivity contribution in [1.29, 1.82) is 0 Å². The number of carbonyl (C=O) groups excluding carboxylic acids is 1. The molecule has 0 heterocycles. The summed E-state index contributed by atoms with van der Waals surface area (Å²) in [6, 6.07) is 6.44. The monoisotopic (exact) mass is 280 g/mol. The second-order valence-corrected chi connectivity index (χ2v) is 6.54. The minimum atomic E-state index is 0.396. The zero-order valence-corrected chi connectivity index (χ0v) is 12.6. The molecule has 0 spiro atoms. The maximum absolute atomic E-state index is 12.0. The van der Waals surface area contributed by atoms with Crippen molar-refractivity contribution in [2.24, 2.45) is 11.8 Å². The highest BCUT2D eigenvalue weighted by molar-refractivity contribution is 5.90. The minimum absolute atomic E-state index is 0.396. The number of ether oxygens (including phenoxy) is 1. The summed E-state index contributed by atoms with van der Waals surface area (Å²) in [6.45, 7) is 2.23. The first-order valence-electron chi connectivity index (χ1n) is 7.79. The SMILES string of the molecule is COC1=CCC2=c3c1cccc3=C1CC(=O)CC(C)C1C2. The molecule has 2 nitrogen and oxygen atoms in total. The first-order chi connectivity index (χ1) is 10.2. The van der Waals surface area contributed by atoms with E-state index in [0.717, 1.165) is 25.0 Å². The number of rotatable bonds is 1. The van der Waals surface area contributed by atoms with Crippen LogP contribution in [0.25, 0.3) is 16.9 Å². The Balaban J connectivity index is 2.05.